The summed E-state index contributed by atoms with van der Waals surface area (Å²) >= 11 is 7.16. The molecule has 1 aliphatic rings. The van der Waals surface area contributed by atoms with Gasteiger partial charge in [0, 0.05) is 26.7 Å². The fourth-order valence-corrected chi connectivity index (χ4v) is 3.88. The number of hydrogen-bond donors (Lipinski definition) is 1. The van der Waals surface area contributed by atoms with Gasteiger partial charge in [-0.3, -0.25) is 0 Å². The van der Waals surface area contributed by atoms with Gasteiger partial charge in [-0.2, -0.15) is 0 Å². The first-order valence-corrected chi connectivity index (χ1v) is 8.60. The molecule has 4 heteroatoms. The normalized spacial score (nSPS) is 20.7. The largest absolute Gasteiger partial charge is 0.497 e. The zero-order valence-corrected chi connectivity index (χ0v) is 14.9. The van der Waals surface area contributed by atoms with Gasteiger partial charge in [0.05, 0.1) is 7.11 Å². The summed E-state index contributed by atoms with van der Waals surface area (Å²) in [6, 6.07) is 15.1. The van der Waals surface area contributed by atoms with E-state index in [1.807, 2.05) is 12.1 Å². The maximum absolute atomic E-state index is 5.30. The zero-order chi connectivity index (χ0) is 14.8. The van der Waals surface area contributed by atoms with Crippen LogP contribution in [0.1, 0.15) is 24.3 Å². The third kappa shape index (κ3) is 3.43. The van der Waals surface area contributed by atoms with Crippen molar-refractivity contribution in [2.45, 2.75) is 24.8 Å². The molecule has 1 N–H and O–H groups in total. The third-order valence-corrected chi connectivity index (χ3v) is 5.14. The highest BCUT2D eigenvalue weighted by Gasteiger charge is 2.31. The molecule has 0 heterocycles. The molecule has 21 heavy (non-hydrogen) atoms. The van der Waals surface area contributed by atoms with Crippen molar-refractivity contribution in [2.75, 3.05) is 12.4 Å². The highest BCUT2D eigenvalue weighted by Crippen LogP contribution is 2.41. The van der Waals surface area contributed by atoms with Crippen molar-refractivity contribution >= 4 is 37.5 Å². The Morgan fingerprint density at radius 2 is 1.86 bits per heavy atom. The summed E-state index contributed by atoms with van der Waals surface area (Å²) in [5, 5.41) is 3.59. The van der Waals surface area contributed by atoms with E-state index in [1.165, 1.54) is 10.0 Å². The molecule has 1 aliphatic carbocycles. The van der Waals surface area contributed by atoms with Gasteiger partial charge in [0.1, 0.15) is 5.75 Å². The lowest BCUT2D eigenvalue weighted by molar-refractivity contribution is 0.372. The second kappa shape index (κ2) is 6.41. The molecule has 0 amide bonds. The lowest BCUT2D eigenvalue weighted by Crippen LogP contribution is -2.34. The van der Waals surface area contributed by atoms with Crippen LogP contribution in [0.4, 0.5) is 5.69 Å². The first kappa shape index (κ1) is 14.9. The molecule has 110 valence electrons. The fourth-order valence-electron chi connectivity index (χ4n) is 2.80. The first-order valence-electron chi connectivity index (χ1n) is 7.01. The number of halogens is 2. The van der Waals surface area contributed by atoms with Crippen molar-refractivity contribution in [3.8, 4) is 5.75 Å². The molecule has 0 spiro atoms. The second-order valence-electron chi connectivity index (χ2n) is 5.41. The standard InChI is InChI=1S/C17H17Br2NO/c1-21-15-9-12(18)8-14(10-15)20-13-6-11(7-13)16-4-2-3-5-17(16)19/h2-5,8-11,13,20H,6-7H2,1H3. The Hall–Kier alpha value is -1.00. The SMILES string of the molecule is COc1cc(Br)cc(NC2CC(c3ccccc3Br)C2)c1. The van der Waals surface area contributed by atoms with Crippen LogP contribution >= 0.6 is 31.9 Å². The van der Waals surface area contributed by atoms with Gasteiger partial charge in [-0.05, 0) is 42.5 Å². The van der Waals surface area contributed by atoms with E-state index in [0.29, 0.717) is 12.0 Å². The van der Waals surface area contributed by atoms with Crippen LogP contribution in [-0.4, -0.2) is 13.2 Å². The Labute approximate surface area is 142 Å². The minimum atomic E-state index is 0.529. The highest BCUT2D eigenvalue weighted by molar-refractivity contribution is 9.10. The van der Waals surface area contributed by atoms with E-state index in [9.17, 15) is 0 Å². The molecule has 0 aromatic heterocycles. The molecule has 2 aromatic rings. The first-order chi connectivity index (χ1) is 10.2. The van der Waals surface area contributed by atoms with Crippen LogP contribution in [0, 0.1) is 0 Å². The van der Waals surface area contributed by atoms with Gasteiger partial charge in [-0.1, -0.05) is 50.1 Å². The molecule has 0 atom stereocenters. The molecular weight excluding hydrogens is 394 g/mol. The van der Waals surface area contributed by atoms with Crippen LogP contribution in [0.15, 0.2) is 51.4 Å². The van der Waals surface area contributed by atoms with Gasteiger partial charge in [0.25, 0.3) is 0 Å². The maximum Gasteiger partial charge on any atom is 0.122 e. The summed E-state index contributed by atoms with van der Waals surface area (Å²) in [5.41, 5.74) is 2.53. The third-order valence-electron chi connectivity index (χ3n) is 3.96. The number of rotatable bonds is 4. The van der Waals surface area contributed by atoms with Gasteiger partial charge in [-0.25, -0.2) is 0 Å². The summed E-state index contributed by atoms with van der Waals surface area (Å²) < 4.78 is 7.55. The van der Waals surface area contributed by atoms with Crippen molar-refractivity contribution < 1.29 is 4.74 Å². The molecule has 1 saturated carbocycles. The van der Waals surface area contributed by atoms with Crippen LogP contribution in [0.2, 0.25) is 0 Å². The summed E-state index contributed by atoms with van der Waals surface area (Å²) in [6.45, 7) is 0. The lowest BCUT2D eigenvalue weighted by Gasteiger charge is -2.37. The smallest absolute Gasteiger partial charge is 0.122 e. The van der Waals surface area contributed by atoms with Crippen molar-refractivity contribution in [2.24, 2.45) is 0 Å². The number of hydrogen-bond acceptors (Lipinski definition) is 2. The number of nitrogens with one attached hydrogen (secondary N) is 1. The van der Waals surface area contributed by atoms with Gasteiger partial charge >= 0.3 is 0 Å². The number of methoxy groups -OCH3 is 1. The van der Waals surface area contributed by atoms with Gasteiger partial charge in [0.2, 0.25) is 0 Å². The zero-order valence-electron chi connectivity index (χ0n) is 11.8. The number of ether oxygens (including phenoxy) is 1. The molecule has 0 bridgehead atoms. The van der Waals surface area contributed by atoms with Crippen molar-refractivity contribution in [3.63, 3.8) is 0 Å². The summed E-state index contributed by atoms with van der Waals surface area (Å²) in [5.74, 6) is 1.51. The molecule has 0 radical (unpaired) electrons. The molecule has 0 saturated heterocycles. The van der Waals surface area contributed by atoms with Crippen LogP contribution in [0.5, 0.6) is 5.75 Å². The molecule has 3 rings (SSSR count). The summed E-state index contributed by atoms with van der Waals surface area (Å²) in [4.78, 5) is 0. The quantitative estimate of drug-likeness (QED) is 0.710. The predicted molar refractivity (Wildman–Crippen MR) is 94.2 cm³/mol. The number of anilines is 1. The topological polar surface area (TPSA) is 21.3 Å². The lowest BCUT2D eigenvalue weighted by atomic mass is 9.76. The summed E-state index contributed by atoms with van der Waals surface area (Å²) in [6.07, 6.45) is 2.33. The Morgan fingerprint density at radius 1 is 1.10 bits per heavy atom. The van der Waals surface area contributed by atoms with E-state index in [0.717, 1.165) is 28.8 Å². The van der Waals surface area contributed by atoms with Gasteiger partial charge < -0.3 is 10.1 Å². The minimum absolute atomic E-state index is 0.529. The van der Waals surface area contributed by atoms with E-state index in [4.69, 9.17) is 4.74 Å². The maximum atomic E-state index is 5.30. The van der Waals surface area contributed by atoms with E-state index in [-0.39, 0.29) is 0 Å². The highest BCUT2D eigenvalue weighted by atomic mass is 79.9. The van der Waals surface area contributed by atoms with Crippen LogP contribution < -0.4 is 10.1 Å². The summed E-state index contributed by atoms with van der Waals surface area (Å²) in [7, 11) is 1.69. The van der Waals surface area contributed by atoms with Gasteiger partial charge in [-0.15, -0.1) is 0 Å². The van der Waals surface area contributed by atoms with Gasteiger partial charge in [0.15, 0.2) is 0 Å². The minimum Gasteiger partial charge on any atom is -0.497 e. The monoisotopic (exact) mass is 409 g/mol. The Bertz CT molecular complexity index is 638. The van der Waals surface area contributed by atoms with Crippen molar-refractivity contribution in [3.05, 3.63) is 57.0 Å². The van der Waals surface area contributed by atoms with Crippen molar-refractivity contribution in [1.29, 1.82) is 0 Å². The molecule has 2 aromatic carbocycles. The second-order valence-corrected chi connectivity index (χ2v) is 7.18. The Kier molecular flexibility index (Phi) is 4.55. The van der Waals surface area contributed by atoms with Crippen molar-refractivity contribution in [1.82, 2.24) is 0 Å². The van der Waals surface area contributed by atoms with E-state index in [2.05, 4.69) is 67.5 Å². The predicted octanol–water partition coefficient (Wildman–Crippen LogP) is 5.58. The van der Waals surface area contributed by atoms with Crippen LogP contribution in [0.25, 0.3) is 0 Å². The van der Waals surface area contributed by atoms with E-state index >= 15 is 0 Å². The molecular formula is C17H17Br2NO. The van der Waals surface area contributed by atoms with E-state index in [1.54, 1.807) is 7.11 Å². The Morgan fingerprint density at radius 3 is 2.57 bits per heavy atom. The fraction of sp³-hybridized carbons (Fsp3) is 0.294. The molecule has 0 aliphatic heterocycles. The van der Waals surface area contributed by atoms with Crippen LogP contribution in [0.3, 0.4) is 0 Å². The molecule has 2 nitrogen and oxygen atoms in total. The van der Waals surface area contributed by atoms with E-state index < -0.39 is 0 Å². The molecule has 1 fully saturated rings. The Balaban J connectivity index is 1.62. The average molecular weight is 411 g/mol. The number of benzene rings is 2. The van der Waals surface area contributed by atoms with Crippen LogP contribution in [-0.2, 0) is 0 Å². The average Bonchev–Trinajstić information content (AvgIpc) is 2.43. The molecule has 0 unspecified atom stereocenters.